The second-order valence-electron chi connectivity index (χ2n) is 7.54. The molecular weight excluding hydrogens is 338 g/mol. The largest absolute Gasteiger partial charge is 0.309 e. The maximum Gasteiger partial charge on any atom is 0.0546 e. The van der Waals surface area contributed by atoms with Crippen molar-refractivity contribution < 1.29 is 0 Å². The molecule has 0 amide bonds. The smallest absolute Gasteiger partial charge is 0.0546 e. The highest BCUT2D eigenvalue weighted by molar-refractivity contribution is 6.15. The van der Waals surface area contributed by atoms with E-state index in [1.807, 2.05) is 0 Å². The Morgan fingerprint density at radius 3 is 2.00 bits per heavy atom. The molecule has 0 aliphatic heterocycles. The predicted molar refractivity (Wildman–Crippen MR) is 121 cm³/mol. The lowest BCUT2D eigenvalue weighted by Crippen LogP contribution is -1.96. The normalized spacial score (nSPS) is 11.8. The Hall–Kier alpha value is -3.58. The van der Waals surface area contributed by atoms with Crippen molar-refractivity contribution >= 4 is 43.4 Å². The highest BCUT2D eigenvalue weighted by Gasteiger charge is 2.15. The molecule has 0 fully saturated rings. The average molecular weight is 357 g/mol. The fourth-order valence-corrected chi connectivity index (χ4v) is 4.57. The standard InChI is InChI=1S/C27H19N/c1-18-14-15-26-24(16-18)23-12-6-7-13-25(23)28(26)27-17-19-8-2-3-9-20(19)21-10-4-5-11-22(21)27/h2-17H,1H3. The zero-order valence-electron chi connectivity index (χ0n) is 15.7. The van der Waals surface area contributed by atoms with Crippen molar-refractivity contribution in [1.29, 1.82) is 0 Å². The van der Waals surface area contributed by atoms with Gasteiger partial charge in [-0.2, -0.15) is 0 Å². The lowest BCUT2D eigenvalue weighted by molar-refractivity contribution is 1.20. The van der Waals surface area contributed by atoms with Gasteiger partial charge in [-0.25, -0.2) is 0 Å². The first-order valence-electron chi connectivity index (χ1n) is 9.72. The number of rotatable bonds is 1. The first-order chi connectivity index (χ1) is 13.8. The Bertz CT molecular complexity index is 1520. The van der Waals surface area contributed by atoms with Gasteiger partial charge in [0.25, 0.3) is 0 Å². The summed E-state index contributed by atoms with van der Waals surface area (Å²) in [4.78, 5) is 0. The monoisotopic (exact) mass is 357 g/mol. The molecule has 1 heterocycles. The van der Waals surface area contributed by atoms with Gasteiger partial charge in [0.2, 0.25) is 0 Å². The summed E-state index contributed by atoms with van der Waals surface area (Å²) in [7, 11) is 0. The van der Waals surface area contributed by atoms with Crippen molar-refractivity contribution in [3.8, 4) is 5.69 Å². The average Bonchev–Trinajstić information content (AvgIpc) is 3.07. The van der Waals surface area contributed by atoms with E-state index in [9.17, 15) is 0 Å². The van der Waals surface area contributed by atoms with Gasteiger partial charge in [0.15, 0.2) is 0 Å². The van der Waals surface area contributed by atoms with Crippen molar-refractivity contribution in [1.82, 2.24) is 4.57 Å². The summed E-state index contributed by atoms with van der Waals surface area (Å²) in [6.07, 6.45) is 0. The summed E-state index contributed by atoms with van der Waals surface area (Å²) >= 11 is 0. The lowest BCUT2D eigenvalue weighted by atomic mass is 10.00. The highest BCUT2D eigenvalue weighted by Crippen LogP contribution is 2.37. The summed E-state index contributed by atoms with van der Waals surface area (Å²) in [5.74, 6) is 0. The fraction of sp³-hybridized carbons (Fsp3) is 0.0370. The van der Waals surface area contributed by atoms with Crippen molar-refractivity contribution in [3.05, 3.63) is 103 Å². The number of aromatic nitrogens is 1. The summed E-state index contributed by atoms with van der Waals surface area (Å²) in [5, 5.41) is 7.78. The van der Waals surface area contributed by atoms with Gasteiger partial charge >= 0.3 is 0 Å². The molecular formula is C27H19N. The Morgan fingerprint density at radius 1 is 0.500 bits per heavy atom. The predicted octanol–water partition coefficient (Wildman–Crippen LogP) is 7.40. The first kappa shape index (κ1) is 15.5. The number of benzene rings is 5. The van der Waals surface area contributed by atoms with Gasteiger partial charge in [-0.15, -0.1) is 0 Å². The summed E-state index contributed by atoms with van der Waals surface area (Å²) < 4.78 is 2.43. The number of aryl methyl sites for hydroxylation is 1. The lowest BCUT2D eigenvalue weighted by Gasteiger charge is -2.14. The van der Waals surface area contributed by atoms with Crippen LogP contribution in [0.5, 0.6) is 0 Å². The van der Waals surface area contributed by atoms with Crippen molar-refractivity contribution in [2.75, 3.05) is 0 Å². The van der Waals surface area contributed by atoms with Crippen LogP contribution in [0.3, 0.4) is 0 Å². The number of fused-ring (bicyclic) bond motifs is 6. The number of hydrogen-bond acceptors (Lipinski definition) is 0. The van der Waals surface area contributed by atoms with Gasteiger partial charge in [0.1, 0.15) is 0 Å². The Kier molecular flexibility index (Phi) is 3.15. The van der Waals surface area contributed by atoms with E-state index in [0.717, 1.165) is 0 Å². The van der Waals surface area contributed by atoms with Crippen LogP contribution in [0.25, 0.3) is 49.0 Å². The maximum atomic E-state index is 2.43. The molecule has 5 aromatic carbocycles. The zero-order valence-corrected chi connectivity index (χ0v) is 15.7. The Balaban J connectivity index is 1.87. The maximum absolute atomic E-state index is 2.43. The molecule has 1 aromatic heterocycles. The molecule has 6 aromatic rings. The number of para-hydroxylation sites is 1. The molecule has 0 saturated heterocycles. The topological polar surface area (TPSA) is 4.93 Å². The minimum Gasteiger partial charge on any atom is -0.309 e. The van der Waals surface area contributed by atoms with Crippen LogP contribution in [0.15, 0.2) is 97.1 Å². The van der Waals surface area contributed by atoms with E-state index in [2.05, 4.69) is 109 Å². The van der Waals surface area contributed by atoms with Crippen LogP contribution >= 0.6 is 0 Å². The minimum atomic E-state index is 1.24. The highest BCUT2D eigenvalue weighted by atomic mass is 15.0. The van der Waals surface area contributed by atoms with E-state index in [4.69, 9.17) is 0 Å². The van der Waals surface area contributed by atoms with Crippen molar-refractivity contribution in [3.63, 3.8) is 0 Å². The van der Waals surface area contributed by atoms with Gasteiger partial charge in [0, 0.05) is 16.2 Å². The van der Waals surface area contributed by atoms with E-state index in [1.54, 1.807) is 0 Å². The molecule has 132 valence electrons. The van der Waals surface area contributed by atoms with E-state index in [-0.39, 0.29) is 0 Å². The molecule has 0 atom stereocenters. The minimum absolute atomic E-state index is 1.24. The van der Waals surface area contributed by atoms with Gasteiger partial charge in [-0.3, -0.25) is 0 Å². The van der Waals surface area contributed by atoms with Crippen LogP contribution in [0, 0.1) is 6.92 Å². The SMILES string of the molecule is Cc1ccc2c(c1)c1ccccc1n2-c1cc2ccccc2c2ccccc12. The van der Waals surface area contributed by atoms with Gasteiger partial charge in [-0.1, -0.05) is 78.4 Å². The zero-order chi connectivity index (χ0) is 18.7. The van der Waals surface area contributed by atoms with E-state index in [0.29, 0.717) is 0 Å². The van der Waals surface area contributed by atoms with Crippen LogP contribution in [0.4, 0.5) is 0 Å². The van der Waals surface area contributed by atoms with Gasteiger partial charge in [0.05, 0.1) is 16.7 Å². The molecule has 0 radical (unpaired) electrons. The molecule has 1 heteroatoms. The molecule has 0 unspecified atom stereocenters. The van der Waals surface area contributed by atoms with Crippen LogP contribution in [-0.2, 0) is 0 Å². The Morgan fingerprint density at radius 2 is 1.14 bits per heavy atom. The number of hydrogen-bond donors (Lipinski definition) is 0. The summed E-state index contributed by atoms with van der Waals surface area (Å²) in [6, 6.07) is 35.3. The van der Waals surface area contributed by atoms with E-state index < -0.39 is 0 Å². The van der Waals surface area contributed by atoms with E-state index >= 15 is 0 Å². The van der Waals surface area contributed by atoms with Crippen LogP contribution in [0.1, 0.15) is 5.56 Å². The van der Waals surface area contributed by atoms with Crippen LogP contribution < -0.4 is 0 Å². The van der Waals surface area contributed by atoms with Crippen molar-refractivity contribution in [2.24, 2.45) is 0 Å². The third-order valence-corrected chi connectivity index (χ3v) is 5.82. The Labute approximate surface area is 163 Å². The van der Waals surface area contributed by atoms with Crippen molar-refractivity contribution in [2.45, 2.75) is 6.92 Å². The van der Waals surface area contributed by atoms with Crippen LogP contribution in [-0.4, -0.2) is 4.57 Å². The quantitative estimate of drug-likeness (QED) is 0.270. The third kappa shape index (κ3) is 2.07. The molecule has 6 rings (SSSR count). The van der Waals surface area contributed by atoms with Crippen LogP contribution in [0.2, 0.25) is 0 Å². The van der Waals surface area contributed by atoms with Gasteiger partial charge < -0.3 is 4.57 Å². The second-order valence-corrected chi connectivity index (χ2v) is 7.54. The molecule has 0 bridgehead atoms. The molecule has 0 aliphatic carbocycles. The summed E-state index contributed by atoms with van der Waals surface area (Å²) in [6.45, 7) is 2.16. The van der Waals surface area contributed by atoms with Gasteiger partial charge in [-0.05, 0) is 47.3 Å². The molecule has 0 aliphatic rings. The molecule has 0 N–H and O–H groups in total. The first-order valence-corrected chi connectivity index (χ1v) is 9.72. The van der Waals surface area contributed by atoms with E-state index in [1.165, 1.54) is 54.6 Å². The second kappa shape index (κ2) is 5.71. The summed E-state index contributed by atoms with van der Waals surface area (Å²) in [5.41, 5.74) is 5.04. The molecule has 0 spiro atoms. The number of nitrogens with zero attached hydrogens (tertiary/aromatic N) is 1. The molecule has 0 saturated carbocycles. The molecule has 28 heavy (non-hydrogen) atoms. The fourth-order valence-electron chi connectivity index (χ4n) is 4.57. The third-order valence-electron chi connectivity index (χ3n) is 5.82. The molecule has 1 nitrogen and oxygen atoms in total.